The van der Waals surface area contributed by atoms with E-state index in [0.29, 0.717) is 0 Å². The molecule has 200 valence electrons. The van der Waals surface area contributed by atoms with Crippen molar-refractivity contribution in [2.24, 2.45) is 0 Å². The highest BCUT2D eigenvalue weighted by atomic mass is 16.3. The summed E-state index contributed by atoms with van der Waals surface area (Å²) in [5.41, 5.74) is 1.73. The molecule has 0 atom stereocenters. The van der Waals surface area contributed by atoms with Crippen molar-refractivity contribution in [3.8, 4) is 22.3 Å². The average molecular weight is 513 g/mol. The van der Waals surface area contributed by atoms with Gasteiger partial charge in [0, 0.05) is 0 Å². The van der Waals surface area contributed by atoms with Gasteiger partial charge in [0.05, 0.1) is 22.4 Å². The van der Waals surface area contributed by atoms with Crippen molar-refractivity contribution in [2.45, 2.75) is 77.8 Å². The van der Waals surface area contributed by atoms with Gasteiger partial charge in [-0.3, -0.25) is 0 Å². The molecule has 0 fully saturated rings. The molecule has 0 aliphatic heterocycles. The number of benzene rings is 4. The van der Waals surface area contributed by atoms with E-state index in [9.17, 15) is 20.4 Å². The zero-order valence-corrected chi connectivity index (χ0v) is 23.7. The lowest BCUT2D eigenvalue weighted by Gasteiger charge is -2.31. The standard InChI is InChI=1S/C34H40O4/c1-31(2,35)25-15-11-16-26(32(3,4)36)29(25)23-19-20-24(22-14-10-9-13-21(22)23)30-27(33(5,6)37)17-12-18-28(30)34(7,8)38/h9-20,35-38H,1-8H3. The number of aliphatic hydroxyl groups is 4. The van der Waals surface area contributed by atoms with Gasteiger partial charge in [-0.1, -0.05) is 72.8 Å². The molecule has 4 nitrogen and oxygen atoms in total. The van der Waals surface area contributed by atoms with Crippen molar-refractivity contribution in [1.29, 1.82) is 0 Å². The van der Waals surface area contributed by atoms with Crippen LogP contribution in [-0.2, 0) is 22.4 Å². The Labute approximate surface area is 226 Å². The zero-order chi connectivity index (χ0) is 28.3. The van der Waals surface area contributed by atoms with Crippen LogP contribution in [-0.4, -0.2) is 20.4 Å². The van der Waals surface area contributed by atoms with E-state index in [2.05, 4.69) is 0 Å². The smallest absolute Gasteiger partial charge is 0.0846 e. The zero-order valence-electron chi connectivity index (χ0n) is 23.7. The Morgan fingerprint density at radius 3 is 0.868 bits per heavy atom. The van der Waals surface area contributed by atoms with Gasteiger partial charge in [0.2, 0.25) is 0 Å². The Hall–Kier alpha value is -3.02. The molecule has 4 aromatic rings. The summed E-state index contributed by atoms with van der Waals surface area (Å²) in [5.74, 6) is 0. The summed E-state index contributed by atoms with van der Waals surface area (Å²) in [4.78, 5) is 0. The largest absolute Gasteiger partial charge is 0.386 e. The van der Waals surface area contributed by atoms with E-state index in [1.165, 1.54) is 0 Å². The van der Waals surface area contributed by atoms with Crippen molar-refractivity contribution < 1.29 is 20.4 Å². The van der Waals surface area contributed by atoms with Gasteiger partial charge in [-0.15, -0.1) is 0 Å². The van der Waals surface area contributed by atoms with Crippen molar-refractivity contribution in [2.75, 3.05) is 0 Å². The SMILES string of the molecule is CC(C)(O)c1cccc(C(C)(C)O)c1-c1ccc(-c2c(C(C)(C)O)cccc2C(C)(C)O)c2ccccc12. The maximum absolute atomic E-state index is 11.1. The molecule has 0 aliphatic rings. The van der Waals surface area contributed by atoms with Crippen molar-refractivity contribution in [1.82, 2.24) is 0 Å². The molecule has 4 aromatic carbocycles. The van der Waals surface area contributed by atoms with Crippen LogP contribution in [0.4, 0.5) is 0 Å². The molecular weight excluding hydrogens is 472 g/mol. The van der Waals surface area contributed by atoms with E-state index in [1.54, 1.807) is 55.4 Å². The Kier molecular flexibility index (Phi) is 6.87. The molecule has 0 unspecified atom stereocenters. The maximum atomic E-state index is 11.1. The lowest BCUT2D eigenvalue weighted by atomic mass is 9.78. The third-order valence-electron chi connectivity index (χ3n) is 7.23. The van der Waals surface area contributed by atoms with Gasteiger partial charge in [0.25, 0.3) is 0 Å². The van der Waals surface area contributed by atoms with Crippen molar-refractivity contribution in [3.05, 3.63) is 95.1 Å². The molecular formula is C34H40O4. The molecule has 38 heavy (non-hydrogen) atoms. The van der Waals surface area contributed by atoms with Gasteiger partial charge in [0.1, 0.15) is 0 Å². The number of hydrogen-bond acceptors (Lipinski definition) is 4. The van der Waals surface area contributed by atoms with Crippen LogP contribution in [0.25, 0.3) is 33.0 Å². The molecule has 4 N–H and O–H groups in total. The fraction of sp³-hybridized carbons (Fsp3) is 0.353. The van der Waals surface area contributed by atoms with Crippen LogP contribution in [0.15, 0.2) is 72.8 Å². The minimum Gasteiger partial charge on any atom is -0.386 e. The first-order valence-electron chi connectivity index (χ1n) is 13.1. The van der Waals surface area contributed by atoms with Crippen LogP contribution in [0, 0.1) is 0 Å². The highest BCUT2D eigenvalue weighted by Gasteiger charge is 2.31. The summed E-state index contributed by atoms with van der Waals surface area (Å²) in [6, 6.07) is 23.4. The second kappa shape index (κ2) is 9.32. The van der Waals surface area contributed by atoms with Crippen LogP contribution in [0.3, 0.4) is 0 Å². The molecule has 0 bridgehead atoms. The molecule has 0 amide bonds. The Bertz CT molecular complexity index is 1310. The van der Waals surface area contributed by atoms with Gasteiger partial charge in [0.15, 0.2) is 0 Å². The fourth-order valence-electron chi connectivity index (χ4n) is 5.46. The lowest BCUT2D eigenvalue weighted by Crippen LogP contribution is -2.23. The van der Waals surface area contributed by atoms with E-state index >= 15 is 0 Å². The summed E-state index contributed by atoms with van der Waals surface area (Å²) in [7, 11) is 0. The first kappa shape index (κ1) is 28.0. The molecule has 0 heterocycles. The minimum atomic E-state index is -1.14. The van der Waals surface area contributed by atoms with Crippen LogP contribution < -0.4 is 0 Å². The second-order valence-corrected chi connectivity index (χ2v) is 12.4. The van der Waals surface area contributed by atoms with Crippen LogP contribution >= 0.6 is 0 Å². The molecule has 0 saturated heterocycles. The van der Waals surface area contributed by atoms with E-state index < -0.39 is 22.4 Å². The van der Waals surface area contributed by atoms with E-state index in [1.807, 2.05) is 72.8 Å². The Morgan fingerprint density at radius 2 is 0.632 bits per heavy atom. The van der Waals surface area contributed by atoms with Gasteiger partial charge >= 0.3 is 0 Å². The highest BCUT2D eigenvalue weighted by Crippen LogP contribution is 2.46. The third kappa shape index (κ3) is 5.14. The van der Waals surface area contributed by atoms with E-state index in [-0.39, 0.29) is 0 Å². The number of hydrogen-bond donors (Lipinski definition) is 4. The molecule has 0 saturated carbocycles. The molecule has 4 heteroatoms. The van der Waals surface area contributed by atoms with E-state index in [4.69, 9.17) is 0 Å². The maximum Gasteiger partial charge on any atom is 0.0846 e. The number of rotatable bonds is 6. The monoisotopic (exact) mass is 512 g/mol. The molecule has 4 rings (SSSR count). The normalized spacial score (nSPS) is 13.3. The Morgan fingerprint density at radius 1 is 0.368 bits per heavy atom. The van der Waals surface area contributed by atoms with Crippen molar-refractivity contribution in [3.63, 3.8) is 0 Å². The molecule has 0 aliphatic carbocycles. The average Bonchev–Trinajstić information content (AvgIpc) is 2.80. The van der Waals surface area contributed by atoms with Gasteiger partial charge in [-0.2, -0.15) is 0 Å². The van der Waals surface area contributed by atoms with Gasteiger partial charge in [-0.05, 0) is 111 Å². The fourth-order valence-corrected chi connectivity index (χ4v) is 5.46. The van der Waals surface area contributed by atoms with Crippen LogP contribution in [0.2, 0.25) is 0 Å². The number of fused-ring (bicyclic) bond motifs is 1. The lowest BCUT2D eigenvalue weighted by molar-refractivity contribution is 0.0718. The topological polar surface area (TPSA) is 80.9 Å². The second-order valence-electron chi connectivity index (χ2n) is 12.4. The quantitative estimate of drug-likeness (QED) is 0.222. The molecule has 0 aromatic heterocycles. The Balaban J connectivity index is 2.17. The predicted molar refractivity (Wildman–Crippen MR) is 156 cm³/mol. The van der Waals surface area contributed by atoms with Gasteiger partial charge in [-0.25, -0.2) is 0 Å². The first-order valence-corrected chi connectivity index (χ1v) is 13.1. The summed E-state index contributed by atoms with van der Waals surface area (Å²) in [6.45, 7) is 14.0. The summed E-state index contributed by atoms with van der Waals surface area (Å²) >= 11 is 0. The summed E-state index contributed by atoms with van der Waals surface area (Å²) in [5, 5.41) is 46.5. The van der Waals surface area contributed by atoms with E-state index in [0.717, 1.165) is 55.3 Å². The minimum absolute atomic E-state index is 0.726. The van der Waals surface area contributed by atoms with Crippen molar-refractivity contribution >= 4 is 10.8 Å². The van der Waals surface area contributed by atoms with Crippen LogP contribution in [0.5, 0.6) is 0 Å². The third-order valence-corrected chi connectivity index (χ3v) is 7.23. The summed E-state index contributed by atoms with van der Waals surface area (Å²) in [6.07, 6.45) is 0. The highest BCUT2D eigenvalue weighted by molar-refractivity contribution is 6.06. The van der Waals surface area contributed by atoms with Gasteiger partial charge < -0.3 is 20.4 Å². The molecule has 0 spiro atoms. The predicted octanol–water partition coefficient (Wildman–Crippen LogP) is 7.08. The van der Waals surface area contributed by atoms with Crippen LogP contribution in [0.1, 0.15) is 77.6 Å². The first-order chi connectivity index (χ1) is 17.4. The molecule has 0 radical (unpaired) electrons. The summed E-state index contributed by atoms with van der Waals surface area (Å²) < 4.78 is 0.